The summed E-state index contributed by atoms with van der Waals surface area (Å²) in [6.45, 7) is 13.7. The molecule has 0 spiro atoms. The Kier molecular flexibility index (Phi) is 9.28. The average Bonchev–Trinajstić information content (AvgIpc) is 2.33. The standard InChI is InChI=1S/C13H31NOSi/c1-5-13(6-2,12-15-16)10-9-11-14(7-3)8-4/h5-12H2,1-4,16H3. The maximum absolute atomic E-state index is 5.52. The molecule has 0 rings (SSSR count). The molecule has 0 fully saturated rings. The third-order valence-electron chi connectivity index (χ3n) is 4.03. The van der Waals surface area contributed by atoms with Gasteiger partial charge in [-0.05, 0) is 50.7 Å². The zero-order valence-electron chi connectivity index (χ0n) is 12.0. The van der Waals surface area contributed by atoms with Crippen LogP contribution in [0.2, 0.25) is 0 Å². The smallest absolute Gasteiger partial charge is 0.145 e. The van der Waals surface area contributed by atoms with E-state index in [1.807, 2.05) is 0 Å². The molecule has 0 aromatic heterocycles. The lowest BCUT2D eigenvalue weighted by Crippen LogP contribution is -2.29. The van der Waals surface area contributed by atoms with Crippen LogP contribution in [0, 0.1) is 5.41 Å². The first-order chi connectivity index (χ1) is 7.67. The fourth-order valence-corrected chi connectivity index (χ4v) is 3.02. The highest BCUT2D eigenvalue weighted by atomic mass is 28.2. The average molecular weight is 245 g/mol. The van der Waals surface area contributed by atoms with Gasteiger partial charge >= 0.3 is 0 Å². The van der Waals surface area contributed by atoms with Gasteiger partial charge in [-0.3, -0.25) is 0 Å². The molecule has 0 radical (unpaired) electrons. The van der Waals surface area contributed by atoms with Gasteiger partial charge < -0.3 is 9.33 Å². The van der Waals surface area contributed by atoms with Crippen LogP contribution in [0.25, 0.3) is 0 Å². The van der Waals surface area contributed by atoms with Crippen molar-refractivity contribution < 1.29 is 4.43 Å². The highest BCUT2D eigenvalue weighted by Gasteiger charge is 2.25. The molecular weight excluding hydrogens is 214 g/mol. The molecular formula is C13H31NOSi. The van der Waals surface area contributed by atoms with E-state index in [-0.39, 0.29) is 0 Å². The van der Waals surface area contributed by atoms with Crippen molar-refractivity contribution in [3.63, 3.8) is 0 Å². The van der Waals surface area contributed by atoms with E-state index in [4.69, 9.17) is 4.43 Å². The SMILES string of the molecule is CCN(CC)CCCC(CC)(CC)CO[SiH3]. The Balaban J connectivity index is 4.01. The second kappa shape index (κ2) is 9.20. The van der Waals surface area contributed by atoms with Crippen LogP contribution in [0.5, 0.6) is 0 Å². The third kappa shape index (κ3) is 5.46. The van der Waals surface area contributed by atoms with Crippen molar-refractivity contribution in [3.8, 4) is 0 Å². The van der Waals surface area contributed by atoms with Crippen LogP contribution in [0.3, 0.4) is 0 Å². The lowest BCUT2D eigenvalue weighted by Gasteiger charge is -2.32. The zero-order chi connectivity index (χ0) is 12.4. The van der Waals surface area contributed by atoms with Crippen LogP contribution in [-0.4, -0.2) is 41.6 Å². The highest BCUT2D eigenvalue weighted by Crippen LogP contribution is 2.32. The van der Waals surface area contributed by atoms with Gasteiger partial charge in [0.05, 0.1) is 0 Å². The van der Waals surface area contributed by atoms with Gasteiger partial charge in [0, 0.05) is 6.61 Å². The number of hydrogen-bond acceptors (Lipinski definition) is 2. The molecule has 0 aliphatic carbocycles. The lowest BCUT2D eigenvalue weighted by atomic mass is 9.79. The lowest BCUT2D eigenvalue weighted by molar-refractivity contribution is 0.121. The normalized spacial score (nSPS) is 12.6. The molecule has 0 atom stereocenters. The van der Waals surface area contributed by atoms with E-state index in [2.05, 4.69) is 32.6 Å². The minimum atomic E-state index is 0.453. The minimum Gasteiger partial charge on any atom is -0.427 e. The van der Waals surface area contributed by atoms with E-state index in [0.717, 1.165) is 17.1 Å². The largest absolute Gasteiger partial charge is 0.427 e. The first-order valence-electron chi connectivity index (χ1n) is 6.89. The molecule has 0 unspecified atom stereocenters. The topological polar surface area (TPSA) is 12.5 Å². The summed E-state index contributed by atoms with van der Waals surface area (Å²) in [7, 11) is 0.875. The van der Waals surface area contributed by atoms with Crippen molar-refractivity contribution in [1.82, 2.24) is 4.90 Å². The molecule has 0 bridgehead atoms. The van der Waals surface area contributed by atoms with Crippen molar-refractivity contribution in [1.29, 1.82) is 0 Å². The van der Waals surface area contributed by atoms with Gasteiger partial charge in [-0.2, -0.15) is 0 Å². The second-order valence-corrected chi connectivity index (χ2v) is 5.35. The Bertz CT molecular complexity index is 156. The van der Waals surface area contributed by atoms with E-state index in [0.29, 0.717) is 5.41 Å². The molecule has 0 aliphatic heterocycles. The van der Waals surface area contributed by atoms with E-state index < -0.39 is 0 Å². The highest BCUT2D eigenvalue weighted by molar-refractivity contribution is 5.97. The molecule has 0 amide bonds. The Morgan fingerprint density at radius 3 is 2.00 bits per heavy atom. The maximum atomic E-state index is 5.52. The zero-order valence-corrected chi connectivity index (χ0v) is 14.0. The summed E-state index contributed by atoms with van der Waals surface area (Å²) in [6, 6.07) is 0. The van der Waals surface area contributed by atoms with Gasteiger partial charge in [0.1, 0.15) is 10.5 Å². The predicted octanol–water partition coefficient (Wildman–Crippen LogP) is 2.21. The van der Waals surface area contributed by atoms with Gasteiger partial charge in [0.15, 0.2) is 0 Å². The Morgan fingerprint density at radius 2 is 1.62 bits per heavy atom. The van der Waals surface area contributed by atoms with Crippen LogP contribution < -0.4 is 0 Å². The molecule has 0 saturated heterocycles. The Labute approximate surface area is 105 Å². The summed E-state index contributed by atoms with van der Waals surface area (Å²) < 4.78 is 5.52. The summed E-state index contributed by atoms with van der Waals surface area (Å²) in [6.07, 6.45) is 5.14. The summed E-state index contributed by atoms with van der Waals surface area (Å²) >= 11 is 0. The van der Waals surface area contributed by atoms with Crippen LogP contribution in [-0.2, 0) is 4.43 Å². The Hall–Kier alpha value is 0.137. The molecule has 0 aromatic rings. The Morgan fingerprint density at radius 1 is 1.06 bits per heavy atom. The van der Waals surface area contributed by atoms with Crippen molar-refractivity contribution >= 4 is 10.5 Å². The van der Waals surface area contributed by atoms with Gasteiger partial charge in [-0.15, -0.1) is 0 Å². The van der Waals surface area contributed by atoms with Crippen LogP contribution >= 0.6 is 0 Å². The van der Waals surface area contributed by atoms with Gasteiger partial charge in [-0.25, -0.2) is 0 Å². The third-order valence-corrected chi connectivity index (χ3v) is 4.32. The molecule has 16 heavy (non-hydrogen) atoms. The monoisotopic (exact) mass is 245 g/mol. The fraction of sp³-hybridized carbons (Fsp3) is 1.00. The molecule has 98 valence electrons. The first-order valence-corrected chi connectivity index (χ1v) is 7.70. The molecule has 0 heterocycles. The predicted molar refractivity (Wildman–Crippen MR) is 75.9 cm³/mol. The second-order valence-electron chi connectivity index (χ2n) is 4.77. The molecule has 0 N–H and O–H groups in total. The molecule has 2 nitrogen and oxygen atoms in total. The fourth-order valence-electron chi connectivity index (χ4n) is 2.40. The minimum absolute atomic E-state index is 0.453. The number of rotatable bonds is 10. The van der Waals surface area contributed by atoms with E-state index >= 15 is 0 Å². The van der Waals surface area contributed by atoms with Gasteiger partial charge in [-0.1, -0.05) is 27.7 Å². The number of hydrogen-bond donors (Lipinski definition) is 0. The van der Waals surface area contributed by atoms with Gasteiger partial charge in [0.25, 0.3) is 0 Å². The van der Waals surface area contributed by atoms with Crippen molar-refractivity contribution in [2.75, 3.05) is 26.2 Å². The first kappa shape index (κ1) is 16.1. The molecule has 0 aromatic carbocycles. The molecule has 0 aliphatic rings. The summed E-state index contributed by atoms with van der Waals surface area (Å²) in [5.41, 5.74) is 0.453. The number of nitrogens with zero attached hydrogens (tertiary/aromatic N) is 1. The van der Waals surface area contributed by atoms with E-state index in [1.165, 1.54) is 45.3 Å². The van der Waals surface area contributed by atoms with Crippen molar-refractivity contribution in [3.05, 3.63) is 0 Å². The van der Waals surface area contributed by atoms with Crippen molar-refractivity contribution in [2.24, 2.45) is 5.41 Å². The van der Waals surface area contributed by atoms with Crippen LogP contribution in [0.15, 0.2) is 0 Å². The van der Waals surface area contributed by atoms with Crippen LogP contribution in [0.4, 0.5) is 0 Å². The summed E-state index contributed by atoms with van der Waals surface area (Å²) in [5, 5.41) is 0. The van der Waals surface area contributed by atoms with E-state index in [9.17, 15) is 0 Å². The molecule has 0 saturated carbocycles. The van der Waals surface area contributed by atoms with Crippen molar-refractivity contribution in [2.45, 2.75) is 53.4 Å². The van der Waals surface area contributed by atoms with Gasteiger partial charge in [0.2, 0.25) is 0 Å². The summed E-state index contributed by atoms with van der Waals surface area (Å²) in [5.74, 6) is 0. The van der Waals surface area contributed by atoms with Crippen LogP contribution in [0.1, 0.15) is 53.4 Å². The molecule has 3 heteroatoms. The maximum Gasteiger partial charge on any atom is 0.145 e. The quantitative estimate of drug-likeness (QED) is 0.547. The summed E-state index contributed by atoms with van der Waals surface area (Å²) in [4.78, 5) is 2.51. The van der Waals surface area contributed by atoms with E-state index in [1.54, 1.807) is 0 Å².